The van der Waals surface area contributed by atoms with Crippen molar-refractivity contribution >= 4 is 88.6 Å². The van der Waals surface area contributed by atoms with Crippen LogP contribution in [0.5, 0.6) is 0 Å². The number of halogens is 1. The van der Waals surface area contributed by atoms with Crippen molar-refractivity contribution in [3.05, 3.63) is 214 Å². The van der Waals surface area contributed by atoms with Gasteiger partial charge in [-0.05, 0) is 132 Å². The van der Waals surface area contributed by atoms with Crippen LogP contribution in [0.1, 0.15) is 173 Å². The van der Waals surface area contributed by atoms with Crippen LogP contribution in [0.25, 0.3) is 0 Å². The van der Waals surface area contributed by atoms with Gasteiger partial charge in [0.05, 0.1) is 30.1 Å². The zero-order valence-electron chi connectivity index (χ0n) is 64.2. The van der Waals surface area contributed by atoms with Crippen LogP contribution in [-0.4, -0.2) is 137 Å². The predicted molar refractivity (Wildman–Crippen MR) is 417 cm³/mol. The Kier molecular flexibility index (Phi) is 31.6. The number of esters is 5. The average molecular weight is 1520 g/mol. The Bertz CT molecular complexity index is 3970. The van der Waals surface area contributed by atoms with Gasteiger partial charge < -0.3 is 61.7 Å². The number of benzene rings is 6. The summed E-state index contributed by atoms with van der Waals surface area (Å²) in [4.78, 5) is 150. The van der Waals surface area contributed by atoms with Crippen molar-refractivity contribution in [1.82, 2.24) is 26.6 Å². The number of aliphatic imine (C=N–C) groups is 1. The molecule has 0 spiro atoms. The van der Waals surface area contributed by atoms with Crippen molar-refractivity contribution in [1.29, 1.82) is 0 Å². The first kappa shape index (κ1) is 87.0. The van der Waals surface area contributed by atoms with Crippen LogP contribution in [0.15, 0.2) is 175 Å². The molecule has 7 atom stereocenters. The van der Waals surface area contributed by atoms with Crippen LogP contribution >= 0.6 is 23.4 Å². The third-order valence-electron chi connectivity index (χ3n) is 16.6. The molecule has 6 rings (SSSR count). The number of hydrogen-bond acceptors (Lipinski definition) is 18. The molecule has 1 unspecified atom stereocenters. The number of aryl methyl sites for hydroxylation is 1. The minimum Gasteiger partial charge on any atom is -0.460 e. The fraction of sp³-hybridized carbons (Fsp3) is 0.434. The van der Waals surface area contributed by atoms with Gasteiger partial charge in [0.25, 0.3) is 0 Å². The van der Waals surface area contributed by atoms with Crippen molar-refractivity contribution < 1.29 is 71.6 Å². The molecule has 108 heavy (non-hydrogen) atoms. The monoisotopic (exact) mass is 1520 g/mol. The fourth-order valence-corrected chi connectivity index (χ4v) is 13.6. The number of nitrogens with two attached hydrogens (primary N) is 2. The third kappa shape index (κ3) is 26.8. The summed E-state index contributed by atoms with van der Waals surface area (Å²) in [6.07, 6.45) is -3.78. The number of hydrogen-bond donors (Lipinski definition) is 7. The lowest BCUT2D eigenvalue weighted by atomic mass is 9.79. The largest absolute Gasteiger partial charge is 0.460 e. The molecule has 9 N–H and O–H groups in total. The van der Waals surface area contributed by atoms with E-state index in [0.29, 0.717) is 16.7 Å². The average Bonchev–Trinajstić information content (AvgIpc) is 0.750. The molecule has 6 aromatic rings. The van der Waals surface area contributed by atoms with Crippen molar-refractivity contribution in [2.75, 3.05) is 19.3 Å². The van der Waals surface area contributed by atoms with E-state index in [1.54, 1.807) is 132 Å². The molecule has 0 saturated carbocycles. The van der Waals surface area contributed by atoms with E-state index in [2.05, 4.69) is 31.6 Å². The molecule has 0 saturated heterocycles. The van der Waals surface area contributed by atoms with E-state index in [1.165, 1.54) is 18.8 Å². The zero-order valence-corrected chi connectivity index (χ0v) is 65.8. The Hall–Kier alpha value is -9.91. The van der Waals surface area contributed by atoms with Crippen molar-refractivity contribution in [2.45, 2.75) is 204 Å². The SMILES string of the molecule is CN=C(N)NCCC[C@H](CC(=O)[C@H](CC(=O)OC(C)(C)C)NC(=O)CC[C@H](N)C(=O)OC(C)(C)C)C(=O)N[C@@H](CC(=O)OC(C)(C)C)C(=O)N[C@@H](CC(=O)OC(C)(C)C)C(=O)N[C@@H](CSC(c1ccccc1)(c1ccccc1)c1ccccc1)C(=O)OC(c1ccccc1)(c1ccc(C)cc1)c1ccccc1Cl. The number of amides is 4. The molecule has 0 aliphatic carbocycles. The molecule has 23 nitrogen and oxygen atoms in total. The molecule has 6 aromatic carbocycles. The van der Waals surface area contributed by atoms with Gasteiger partial charge >= 0.3 is 29.8 Å². The van der Waals surface area contributed by atoms with E-state index in [1.807, 2.05) is 128 Å². The highest BCUT2D eigenvalue weighted by molar-refractivity contribution is 8.00. The number of rotatable bonds is 35. The van der Waals surface area contributed by atoms with Crippen LogP contribution < -0.4 is 38.1 Å². The Balaban J connectivity index is 1.48. The first-order valence-corrected chi connectivity index (χ1v) is 37.3. The molecule has 0 heterocycles. The molecule has 4 amide bonds. The minimum absolute atomic E-state index is 0.0546. The van der Waals surface area contributed by atoms with Crippen LogP contribution in [0.3, 0.4) is 0 Å². The van der Waals surface area contributed by atoms with E-state index in [-0.39, 0.29) is 42.5 Å². The summed E-state index contributed by atoms with van der Waals surface area (Å²) in [7, 11) is 1.45. The Morgan fingerprint density at radius 2 is 0.870 bits per heavy atom. The highest BCUT2D eigenvalue weighted by atomic mass is 35.5. The smallest absolute Gasteiger partial charge is 0.331 e. The molecule has 0 aliphatic heterocycles. The molecule has 0 fully saturated rings. The summed E-state index contributed by atoms with van der Waals surface area (Å²) in [6.45, 7) is 21.3. The molecule has 0 aliphatic rings. The van der Waals surface area contributed by atoms with Gasteiger partial charge in [-0.15, -0.1) is 11.8 Å². The predicted octanol–water partition coefficient (Wildman–Crippen LogP) is 10.7. The maximum absolute atomic E-state index is 16.4. The Morgan fingerprint density at radius 1 is 0.463 bits per heavy atom. The second-order valence-electron chi connectivity index (χ2n) is 30.3. The fourth-order valence-electron chi connectivity index (χ4n) is 11.8. The second-order valence-corrected chi connectivity index (χ2v) is 31.9. The highest BCUT2D eigenvalue weighted by Crippen LogP contribution is 2.50. The van der Waals surface area contributed by atoms with Crippen LogP contribution in [0, 0.1) is 12.8 Å². The molecular weight excluding hydrogens is 1420 g/mol. The summed E-state index contributed by atoms with van der Waals surface area (Å²) in [6, 6.07) is 43.6. The molecule has 0 bridgehead atoms. The number of ketones is 1. The van der Waals surface area contributed by atoms with E-state index in [0.717, 1.165) is 22.3 Å². The first-order valence-electron chi connectivity index (χ1n) is 36.0. The quantitative estimate of drug-likeness (QED) is 0.00485. The minimum atomic E-state index is -1.96. The number of nitrogens with one attached hydrogen (secondary N) is 5. The molecule has 580 valence electrons. The van der Waals surface area contributed by atoms with E-state index >= 15 is 19.2 Å². The topological polar surface area (TPSA) is 341 Å². The maximum Gasteiger partial charge on any atom is 0.331 e. The number of guanidine groups is 1. The molecule has 0 radical (unpaired) electrons. The molecule has 25 heteroatoms. The van der Waals surface area contributed by atoms with E-state index in [4.69, 9.17) is 46.8 Å². The van der Waals surface area contributed by atoms with E-state index in [9.17, 15) is 28.8 Å². The Morgan fingerprint density at radius 3 is 1.31 bits per heavy atom. The standard InChI is InChI=1S/C83H105ClN8O15S/c1-53-41-43-56(44-42-53)82(55-31-19-15-20-32-55,60-39-27-28-40-61(60)84)107-76(102)66(52-108-83(57-33-21-16-22-34-57,58-35-23-17-24-36-58)59-37-25-18-26-38-59)92-74(100)65(51-71(97)105-80(8,9)10)91-73(99)64(50-70(96)104-79(5,6)7)90-72(98)54(30-29-47-88-77(86)87-14)48-67(93)63(49-69(95)103-78(2,3)4)89-68(94)46-45-62(85)75(101)106-81(11,12)13/h15-28,31-44,54,62-66H,29-30,45-52,85H2,1-14H3,(H,89,94)(H,90,98)(H,91,99)(H,92,100)(H3,86,87,88)/t54-,62+,63+,64+,65+,66+,82?/m1/s1. The van der Waals surface area contributed by atoms with Crippen molar-refractivity contribution in [3.8, 4) is 0 Å². The van der Waals surface area contributed by atoms with Crippen LogP contribution in [0.4, 0.5) is 0 Å². The van der Waals surface area contributed by atoms with Crippen molar-refractivity contribution in [2.24, 2.45) is 22.4 Å². The highest BCUT2D eigenvalue weighted by Gasteiger charge is 2.47. The first-order chi connectivity index (χ1) is 50.7. The molecular formula is C83H105ClN8O15S. The zero-order chi connectivity index (χ0) is 79.8. The number of carbonyl (C=O) groups is 10. The summed E-state index contributed by atoms with van der Waals surface area (Å²) >= 11 is 8.53. The van der Waals surface area contributed by atoms with Gasteiger partial charge in [0.2, 0.25) is 23.6 Å². The third-order valence-corrected chi connectivity index (χ3v) is 18.6. The summed E-state index contributed by atoms with van der Waals surface area (Å²) in [5.74, 6) is -11.2. The number of thioether (sulfide) groups is 1. The van der Waals surface area contributed by atoms with Crippen molar-refractivity contribution in [3.63, 3.8) is 0 Å². The van der Waals surface area contributed by atoms with Gasteiger partial charge in [0, 0.05) is 59.8 Å². The van der Waals surface area contributed by atoms with Gasteiger partial charge in [-0.1, -0.05) is 181 Å². The van der Waals surface area contributed by atoms with E-state index < -0.39 is 160 Å². The van der Waals surface area contributed by atoms with Crippen LogP contribution in [-0.2, 0) is 82.0 Å². The Labute approximate surface area is 643 Å². The maximum atomic E-state index is 16.4. The number of ether oxygens (including phenoxy) is 5. The van der Waals surface area contributed by atoms with Gasteiger partial charge in [0.15, 0.2) is 17.3 Å². The number of Topliss-reactive ketones (excluding diaryl/α,β-unsaturated/α-hetero) is 1. The second kappa shape index (κ2) is 39.3. The number of nitrogens with zero attached hydrogens (tertiary/aromatic N) is 1. The number of carbonyl (C=O) groups excluding carboxylic acids is 10. The normalized spacial score (nSPS) is 14.3. The lowest BCUT2D eigenvalue weighted by molar-refractivity contribution is -0.159. The summed E-state index contributed by atoms with van der Waals surface area (Å²) in [5, 5.41) is 13.8. The lowest BCUT2D eigenvalue weighted by Crippen LogP contribution is -2.58. The summed E-state index contributed by atoms with van der Waals surface area (Å²) < 4.78 is 28.4. The van der Waals surface area contributed by atoms with Gasteiger partial charge in [-0.25, -0.2) is 4.79 Å². The summed E-state index contributed by atoms with van der Waals surface area (Å²) in [5.41, 5.74) is 10.7. The molecule has 0 aromatic heterocycles. The van der Waals surface area contributed by atoms with Gasteiger partial charge in [-0.3, -0.25) is 48.1 Å². The van der Waals surface area contributed by atoms with Gasteiger partial charge in [-0.2, -0.15) is 0 Å². The lowest BCUT2D eigenvalue weighted by Gasteiger charge is -2.39. The van der Waals surface area contributed by atoms with Gasteiger partial charge in [0.1, 0.15) is 46.6 Å². The van der Waals surface area contributed by atoms with Crippen LogP contribution in [0.2, 0.25) is 5.02 Å².